The molecule has 0 aromatic heterocycles. The number of benzene rings is 2. The molecule has 0 radical (unpaired) electrons. The van der Waals surface area contributed by atoms with Crippen molar-refractivity contribution in [3.63, 3.8) is 0 Å². The van der Waals surface area contributed by atoms with Crippen LogP contribution in [0.2, 0.25) is 0 Å². The Morgan fingerprint density at radius 1 is 1.14 bits per heavy atom. The number of nitrogens with zero attached hydrogens (tertiary/aromatic N) is 2. The first kappa shape index (κ1) is 20.0. The van der Waals surface area contributed by atoms with Gasteiger partial charge in [-0.25, -0.2) is 0 Å². The van der Waals surface area contributed by atoms with E-state index in [0.717, 1.165) is 11.3 Å². The summed E-state index contributed by atoms with van der Waals surface area (Å²) in [4.78, 5) is 48.6. The number of ether oxygens (including phenoxy) is 1. The van der Waals surface area contributed by atoms with E-state index in [9.17, 15) is 24.5 Å². The summed E-state index contributed by atoms with van der Waals surface area (Å²) >= 11 is 0. The van der Waals surface area contributed by atoms with Crippen molar-refractivity contribution in [2.24, 2.45) is 0 Å². The number of hydrogen-bond donors (Lipinski definition) is 1. The number of nitro benzene ring substituents is 1. The number of amides is 3. The number of imide groups is 1. The van der Waals surface area contributed by atoms with E-state index in [1.807, 2.05) is 6.92 Å². The van der Waals surface area contributed by atoms with Gasteiger partial charge in [0.05, 0.1) is 28.7 Å². The third-order valence-corrected chi connectivity index (χ3v) is 4.35. The van der Waals surface area contributed by atoms with Gasteiger partial charge in [0.15, 0.2) is 0 Å². The lowest BCUT2D eigenvalue weighted by Gasteiger charge is -2.14. The van der Waals surface area contributed by atoms with Gasteiger partial charge in [-0.15, -0.1) is 0 Å². The Balaban J connectivity index is 1.65. The minimum Gasteiger partial charge on any atom is -0.493 e. The molecule has 9 nitrogen and oxygen atoms in total. The summed E-state index contributed by atoms with van der Waals surface area (Å²) in [5, 5.41) is 13.8. The van der Waals surface area contributed by atoms with Crippen molar-refractivity contribution in [1.29, 1.82) is 0 Å². The fraction of sp³-hybridized carbons (Fsp3) is 0.250. The maximum atomic E-state index is 12.3. The lowest BCUT2D eigenvalue weighted by Crippen LogP contribution is -2.32. The molecule has 1 aliphatic heterocycles. The van der Waals surface area contributed by atoms with E-state index in [0.29, 0.717) is 23.5 Å². The molecule has 0 saturated carbocycles. The molecular weight excluding hydrogens is 378 g/mol. The highest BCUT2D eigenvalue weighted by Crippen LogP contribution is 2.29. The first-order valence-electron chi connectivity index (χ1n) is 9.08. The van der Waals surface area contributed by atoms with Crippen LogP contribution < -0.4 is 10.1 Å². The van der Waals surface area contributed by atoms with Gasteiger partial charge in [0, 0.05) is 13.0 Å². The van der Waals surface area contributed by atoms with Gasteiger partial charge < -0.3 is 10.1 Å². The van der Waals surface area contributed by atoms with Gasteiger partial charge in [0.25, 0.3) is 17.5 Å². The minimum atomic E-state index is -0.613. The van der Waals surface area contributed by atoms with E-state index in [1.54, 1.807) is 24.3 Å². The van der Waals surface area contributed by atoms with Crippen LogP contribution in [0.15, 0.2) is 42.5 Å². The molecule has 2 aromatic carbocycles. The topological polar surface area (TPSA) is 119 Å². The molecule has 0 atom stereocenters. The predicted molar refractivity (Wildman–Crippen MR) is 104 cm³/mol. The third-order valence-electron chi connectivity index (χ3n) is 4.35. The van der Waals surface area contributed by atoms with Crippen LogP contribution in [0.3, 0.4) is 0 Å². The Kier molecular flexibility index (Phi) is 5.87. The van der Waals surface area contributed by atoms with Crippen LogP contribution in [0.5, 0.6) is 5.75 Å². The summed E-state index contributed by atoms with van der Waals surface area (Å²) in [6.07, 6.45) is 0.570. The molecule has 150 valence electrons. The Labute approximate surface area is 166 Å². The van der Waals surface area contributed by atoms with Crippen molar-refractivity contribution in [3.8, 4) is 5.75 Å². The van der Waals surface area contributed by atoms with Gasteiger partial charge in [0.1, 0.15) is 11.4 Å². The molecule has 0 unspecified atom stereocenters. The van der Waals surface area contributed by atoms with Crippen LogP contribution in [-0.2, 0) is 4.79 Å². The molecule has 9 heteroatoms. The van der Waals surface area contributed by atoms with Crippen molar-refractivity contribution >= 4 is 29.1 Å². The summed E-state index contributed by atoms with van der Waals surface area (Å²) in [6.45, 7) is 2.21. The molecule has 0 bridgehead atoms. The van der Waals surface area contributed by atoms with Crippen LogP contribution in [0.25, 0.3) is 0 Å². The Morgan fingerprint density at radius 3 is 2.38 bits per heavy atom. The zero-order chi connectivity index (χ0) is 21.0. The van der Waals surface area contributed by atoms with E-state index in [1.165, 1.54) is 18.2 Å². The maximum Gasteiger partial charge on any atom is 0.296 e. The molecule has 1 heterocycles. The SMILES string of the molecule is CCCOc1ccc(NC(=O)CCN2C(=O)c3ccccc3C2=O)c([N+](=O)[O-])c1. The molecule has 0 fully saturated rings. The standard InChI is InChI=1S/C20H19N3O6/c1-2-11-29-13-7-8-16(17(12-13)23(27)28)21-18(24)9-10-22-19(25)14-5-3-4-6-15(14)20(22)26/h3-8,12H,2,9-11H2,1H3,(H,21,24). The molecule has 2 aromatic rings. The number of anilines is 1. The highest BCUT2D eigenvalue weighted by Gasteiger charge is 2.35. The third kappa shape index (κ3) is 4.23. The zero-order valence-corrected chi connectivity index (χ0v) is 15.7. The second-order valence-corrected chi connectivity index (χ2v) is 6.39. The number of carbonyl (C=O) groups excluding carboxylic acids is 3. The molecular formula is C20H19N3O6. The van der Waals surface area contributed by atoms with Crippen LogP contribution in [0.4, 0.5) is 11.4 Å². The second kappa shape index (κ2) is 8.51. The molecule has 0 saturated heterocycles. The van der Waals surface area contributed by atoms with Crippen LogP contribution in [-0.4, -0.2) is 40.7 Å². The molecule has 0 aliphatic carbocycles. The highest BCUT2D eigenvalue weighted by molar-refractivity contribution is 6.21. The van der Waals surface area contributed by atoms with Gasteiger partial charge in [0.2, 0.25) is 5.91 Å². The van der Waals surface area contributed by atoms with E-state index < -0.39 is 22.6 Å². The molecule has 1 aliphatic rings. The fourth-order valence-electron chi connectivity index (χ4n) is 2.95. The molecule has 3 amide bonds. The van der Waals surface area contributed by atoms with Gasteiger partial charge >= 0.3 is 0 Å². The lowest BCUT2D eigenvalue weighted by molar-refractivity contribution is -0.384. The van der Waals surface area contributed by atoms with Gasteiger partial charge in [-0.1, -0.05) is 19.1 Å². The number of carbonyl (C=O) groups is 3. The Morgan fingerprint density at radius 2 is 1.79 bits per heavy atom. The van der Waals surface area contributed by atoms with E-state index in [-0.39, 0.29) is 24.3 Å². The summed E-state index contributed by atoms with van der Waals surface area (Å²) in [5.41, 5.74) is 0.325. The van der Waals surface area contributed by atoms with E-state index in [4.69, 9.17) is 4.74 Å². The average molecular weight is 397 g/mol. The van der Waals surface area contributed by atoms with Crippen LogP contribution in [0.1, 0.15) is 40.5 Å². The fourth-order valence-corrected chi connectivity index (χ4v) is 2.95. The Hall–Kier alpha value is -3.75. The number of nitro groups is 1. The normalized spacial score (nSPS) is 12.7. The zero-order valence-electron chi connectivity index (χ0n) is 15.7. The largest absolute Gasteiger partial charge is 0.493 e. The monoisotopic (exact) mass is 397 g/mol. The van der Waals surface area contributed by atoms with Crippen molar-refractivity contribution in [2.45, 2.75) is 19.8 Å². The second-order valence-electron chi connectivity index (χ2n) is 6.39. The lowest BCUT2D eigenvalue weighted by atomic mass is 10.1. The summed E-state index contributed by atoms with van der Waals surface area (Å²) in [6, 6.07) is 10.6. The molecule has 0 spiro atoms. The summed E-state index contributed by atoms with van der Waals surface area (Å²) in [5.74, 6) is -1.13. The number of rotatable bonds is 8. The number of hydrogen-bond acceptors (Lipinski definition) is 6. The van der Waals surface area contributed by atoms with E-state index >= 15 is 0 Å². The molecule has 3 rings (SSSR count). The van der Waals surface area contributed by atoms with Crippen molar-refractivity contribution in [1.82, 2.24) is 4.90 Å². The van der Waals surface area contributed by atoms with Gasteiger partial charge in [-0.2, -0.15) is 0 Å². The van der Waals surface area contributed by atoms with Crippen LogP contribution in [0, 0.1) is 10.1 Å². The van der Waals surface area contributed by atoms with Crippen molar-refractivity contribution in [3.05, 3.63) is 63.7 Å². The average Bonchev–Trinajstić information content (AvgIpc) is 2.96. The van der Waals surface area contributed by atoms with Crippen molar-refractivity contribution in [2.75, 3.05) is 18.5 Å². The van der Waals surface area contributed by atoms with Crippen molar-refractivity contribution < 1.29 is 24.0 Å². The predicted octanol–water partition coefficient (Wildman–Crippen LogP) is 3.01. The van der Waals surface area contributed by atoms with Gasteiger partial charge in [-0.3, -0.25) is 29.4 Å². The van der Waals surface area contributed by atoms with E-state index in [2.05, 4.69) is 5.32 Å². The minimum absolute atomic E-state index is 0.0196. The molecule has 1 N–H and O–H groups in total. The maximum absolute atomic E-state index is 12.3. The van der Waals surface area contributed by atoms with Crippen LogP contribution >= 0.6 is 0 Å². The quantitative estimate of drug-likeness (QED) is 0.415. The summed E-state index contributed by atoms with van der Waals surface area (Å²) in [7, 11) is 0. The number of nitrogens with one attached hydrogen (secondary N) is 1. The summed E-state index contributed by atoms with van der Waals surface area (Å²) < 4.78 is 5.38. The van der Waals surface area contributed by atoms with Gasteiger partial charge in [-0.05, 0) is 30.7 Å². The first-order chi connectivity index (χ1) is 13.9. The highest BCUT2D eigenvalue weighted by atomic mass is 16.6. The first-order valence-corrected chi connectivity index (χ1v) is 9.08. The molecule has 29 heavy (non-hydrogen) atoms. The number of fused-ring (bicyclic) bond motifs is 1. The smallest absolute Gasteiger partial charge is 0.296 e. The Bertz CT molecular complexity index is 953.